The fourth-order valence-electron chi connectivity index (χ4n) is 5.17. The van der Waals surface area contributed by atoms with Gasteiger partial charge in [-0.2, -0.15) is 0 Å². The molecule has 1 aliphatic heterocycles. The van der Waals surface area contributed by atoms with Gasteiger partial charge < -0.3 is 14.6 Å². The van der Waals surface area contributed by atoms with Gasteiger partial charge in [-0.25, -0.2) is 0 Å². The number of hydrogen-bond donors (Lipinski definition) is 1. The normalized spacial score (nSPS) is 50.8. The van der Waals surface area contributed by atoms with Crippen LogP contribution >= 0.6 is 0 Å². The van der Waals surface area contributed by atoms with Gasteiger partial charge in [0.25, 0.3) is 0 Å². The summed E-state index contributed by atoms with van der Waals surface area (Å²) in [4.78, 5) is 23.9. The zero-order valence-corrected chi connectivity index (χ0v) is 13.8. The van der Waals surface area contributed by atoms with E-state index in [2.05, 4.69) is 6.92 Å². The van der Waals surface area contributed by atoms with Crippen LogP contribution < -0.4 is 0 Å². The van der Waals surface area contributed by atoms with E-state index in [9.17, 15) is 14.7 Å². The first-order chi connectivity index (χ1) is 10.2. The quantitative estimate of drug-likeness (QED) is 0.751. The zero-order chi connectivity index (χ0) is 16.3. The number of aliphatic hydroxyl groups is 1. The van der Waals surface area contributed by atoms with Gasteiger partial charge >= 0.3 is 11.9 Å². The first kappa shape index (κ1) is 15.8. The molecule has 3 fully saturated rings. The van der Waals surface area contributed by atoms with Crippen LogP contribution in [0.4, 0.5) is 0 Å². The third-order valence-corrected chi connectivity index (χ3v) is 6.55. The van der Waals surface area contributed by atoms with E-state index in [0.29, 0.717) is 6.42 Å². The molecule has 3 rings (SSSR count). The molecular formula is C17H26O5. The lowest BCUT2D eigenvalue weighted by atomic mass is 9.51. The SMILES string of the molecule is CC(=O)O[C@@]12CC[C@@]3(C)CC[C@H](O)C(C)C3[C@@H]1OC(=O)[C@@H]2C. The van der Waals surface area contributed by atoms with Crippen LogP contribution in [0.2, 0.25) is 0 Å². The van der Waals surface area contributed by atoms with Crippen LogP contribution in [-0.4, -0.2) is 34.9 Å². The van der Waals surface area contributed by atoms with Crippen LogP contribution in [-0.2, 0) is 19.1 Å². The number of hydrogen-bond acceptors (Lipinski definition) is 5. The Labute approximate surface area is 131 Å². The number of carbonyl (C=O) groups is 2. The number of rotatable bonds is 1. The van der Waals surface area contributed by atoms with E-state index in [1.807, 2.05) is 6.92 Å². The Balaban J connectivity index is 2.03. The first-order valence-corrected chi connectivity index (χ1v) is 8.29. The highest BCUT2D eigenvalue weighted by Gasteiger charge is 2.67. The molecule has 0 bridgehead atoms. The third-order valence-electron chi connectivity index (χ3n) is 6.55. The molecule has 1 heterocycles. The Bertz CT molecular complexity index is 503. The van der Waals surface area contributed by atoms with Crippen molar-refractivity contribution < 1.29 is 24.2 Å². The summed E-state index contributed by atoms with van der Waals surface area (Å²) in [6.45, 7) is 7.41. The first-order valence-electron chi connectivity index (χ1n) is 8.29. The summed E-state index contributed by atoms with van der Waals surface area (Å²) in [6, 6.07) is 0. The topological polar surface area (TPSA) is 72.8 Å². The molecule has 2 unspecified atom stereocenters. The van der Waals surface area contributed by atoms with Crippen molar-refractivity contribution >= 4 is 11.9 Å². The summed E-state index contributed by atoms with van der Waals surface area (Å²) in [7, 11) is 0. The van der Waals surface area contributed by atoms with Gasteiger partial charge in [0.1, 0.15) is 6.10 Å². The van der Waals surface area contributed by atoms with Crippen LogP contribution in [0, 0.1) is 23.2 Å². The van der Waals surface area contributed by atoms with Gasteiger partial charge in [0.05, 0.1) is 12.0 Å². The van der Waals surface area contributed by atoms with Crippen LogP contribution in [0.15, 0.2) is 0 Å². The maximum atomic E-state index is 12.2. The fraction of sp³-hybridized carbons (Fsp3) is 0.882. The molecule has 0 aromatic rings. The number of esters is 2. The van der Waals surface area contributed by atoms with Crippen molar-refractivity contribution in [1.82, 2.24) is 0 Å². The number of carbonyl (C=O) groups excluding carboxylic acids is 2. The molecule has 5 nitrogen and oxygen atoms in total. The van der Waals surface area contributed by atoms with E-state index in [1.54, 1.807) is 6.92 Å². The molecule has 5 heteroatoms. The molecule has 0 spiro atoms. The van der Waals surface area contributed by atoms with Crippen molar-refractivity contribution in [2.24, 2.45) is 23.2 Å². The Hall–Kier alpha value is -1.10. The largest absolute Gasteiger partial charge is 0.457 e. The van der Waals surface area contributed by atoms with Crippen LogP contribution in [0.5, 0.6) is 0 Å². The van der Waals surface area contributed by atoms with Crippen molar-refractivity contribution in [2.75, 3.05) is 0 Å². The van der Waals surface area contributed by atoms with Gasteiger partial charge in [-0.15, -0.1) is 0 Å². The highest BCUT2D eigenvalue weighted by Crippen LogP contribution is 2.60. The van der Waals surface area contributed by atoms with Gasteiger partial charge in [0.2, 0.25) is 0 Å². The van der Waals surface area contributed by atoms with E-state index in [0.717, 1.165) is 19.3 Å². The van der Waals surface area contributed by atoms with E-state index >= 15 is 0 Å². The van der Waals surface area contributed by atoms with E-state index in [4.69, 9.17) is 9.47 Å². The van der Waals surface area contributed by atoms with Crippen molar-refractivity contribution in [1.29, 1.82) is 0 Å². The predicted molar refractivity (Wildman–Crippen MR) is 78.8 cm³/mol. The van der Waals surface area contributed by atoms with Crippen molar-refractivity contribution in [3.8, 4) is 0 Å². The van der Waals surface area contributed by atoms with Crippen LogP contribution in [0.1, 0.15) is 53.4 Å². The molecule has 0 aromatic heterocycles. The molecule has 124 valence electrons. The molecule has 0 aromatic carbocycles. The average molecular weight is 310 g/mol. The standard InChI is InChI=1S/C17H26O5/c1-9-12(19)5-6-16(4)7-8-17(22-11(3)18)10(2)15(20)21-14(17)13(9)16/h9-10,12-14,19H,5-8H2,1-4H3/t9?,10-,12-,13?,14-,16+,17+/m0/s1. The molecule has 1 saturated heterocycles. The summed E-state index contributed by atoms with van der Waals surface area (Å²) in [5.41, 5.74) is -0.838. The van der Waals surface area contributed by atoms with Crippen molar-refractivity contribution in [3.63, 3.8) is 0 Å². The van der Waals surface area contributed by atoms with Gasteiger partial charge in [0.15, 0.2) is 5.60 Å². The molecule has 3 aliphatic rings. The minimum Gasteiger partial charge on any atom is -0.457 e. The monoisotopic (exact) mass is 310 g/mol. The van der Waals surface area contributed by atoms with E-state index in [1.165, 1.54) is 6.92 Å². The maximum absolute atomic E-state index is 12.2. The third kappa shape index (κ3) is 2.01. The molecule has 2 aliphatic carbocycles. The highest BCUT2D eigenvalue weighted by atomic mass is 16.6. The molecule has 0 amide bonds. The summed E-state index contributed by atoms with van der Waals surface area (Å²) in [6.07, 6.45) is 2.41. The molecule has 2 saturated carbocycles. The van der Waals surface area contributed by atoms with E-state index < -0.39 is 17.6 Å². The summed E-state index contributed by atoms with van der Waals surface area (Å²) in [5.74, 6) is -1.06. The van der Waals surface area contributed by atoms with Crippen LogP contribution in [0.3, 0.4) is 0 Å². The van der Waals surface area contributed by atoms with Gasteiger partial charge in [-0.05, 0) is 43.9 Å². The Morgan fingerprint density at radius 3 is 2.64 bits per heavy atom. The highest BCUT2D eigenvalue weighted by molar-refractivity contribution is 5.78. The molecule has 22 heavy (non-hydrogen) atoms. The zero-order valence-electron chi connectivity index (χ0n) is 13.8. The second-order valence-corrected chi connectivity index (χ2v) is 7.77. The average Bonchev–Trinajstić information content (AvgIpc) is 2.67. The summed E-state index contributed by atoms with van der Waals surface area (Å²) < 4.78 is 11.4. The Morgan fingerprint density at radius 1 is 1.32 bits per heavy atom. The van der Waals surface area contributed by atoms with Gasteiger partial charge in [-0.1, -0.05) is 13.8 Å². The number of ether oxygens (including phenoxy) is 2. The predicted octanol–water partition coefficient (Wildman–Crippen LogP) is 2.06. The van der Waals surface area contributed by atoms with Crippen molar-refractivity contribution in [3.05, 3.63) is 0 Å². The minimum atomic E-state index is -0.863. The summed E-state index contributed by atoms with van der Waals surface area (Å²) in [5, 5.41) is 10.3. The Kier molecular flexibility index (Phi) is 3.55. The van der Waals surface area contributed by atoms with Crippen LogP contribution in [0.25, 0.3) is 0 Å². The smallest absolute Gasteiger partial charge is 0.313 e. The lowest BCUT2D eigenvalue weighted by molar-refractivity contribution is -0.209. The summed E-state index contributed by atoms with van der Waals surface area (Å²) >= 11 is 0. The van der Waals surface area contributed by atoms with Crippen molar-refractivity contribution in [2.45, 2.75) is 71.2 Å². The molecular weight excluding hydrogens is 284 g/mol. The van der Waals surface area contributed by atoms with E-state index in [-0.39, 0.29) is 35.3 Å². The molecule has 1 N–H and O–H groups in total. The molecule has 7 atom stereocenters. The number of fused-ring (bicyclic) bond motifs is 3. The second kappa shape index (κ2) is 4.95. The fourth-order valence-corrected chi connectivity index (χ4v) is 5.17. The molecule has 0 radical (unpaired) electrons. The minimum absolute atomic E-state index is 0.0251. The van der Waals surface area contributed by atoms with Gasteiger partial charge in [0, 0.05) is 12.8 Å². The lowest BCUT2D eigenvalue weighted by Crippen LogP contribution is -2.62. The maximum Gasteiger partial charge on any atom is 0.313 e. The van der Waals surface area contributed by atoms with Gasteiger partial charge in [-0.3, -0.25) is 9.59 Å². The number of aliphatic hydroxyl groups excluding tert-OH is 1. The Morgan fingerprint density at radius 2 is 2.00 bits per heavy atom. The second-order valence-electron chi connectivity index (χ2n) is 7.77. The lowest BCUT2D eigenvalue weighted by Gasteiger charge is -2.56.